The van der Waals surface area contributed by atoms with Gasteiger partial charge < -0.3 is 10.2 Å². The monoisotopic (exact) mass is 325 g/mol. The maximum absolute atomic E-state index is 11.1. The highest BCUT2D eigenvalue weighted by Gasteiger charge is 2.24. The van der Waals surface area contributed by atoms with Gasteiger partial charge in [0, 0.05) is 17.8 Å². The number of hydrogen-bond donors (Lipinski definition) is 2. The maximum Gasteiger partial charge on any atom is 0.328 e. The van der Waals surface area contributed by atoms with Crippen LogP contribution in [0.1, 0.15) is 25.8 Å². The summed E-state index contributed by atoms with van der Waals surface area (Å²) in [6, 6.07) is 0.392. The minimum absolute atomic E-state index is 0.0290. The molecule has 23 heavy (non-hydrogen) atoms. The third-order valence-electron chi connectivity index (χ3n) is 2.88. The van der Waals surface area contributed by atoms with Gasteiger partial charge in [0.15, 0.2) is 0 Å². The molecule has 0 aliphatic carbocycles. The van der Waals surface area contributed by atoms with Crippen molar-refractivity contribution in [1.82, 2.24) is 0 Å². The average Bonchev–Trinajstić information content (AvgIpc) is 2.43. The number of nitrogens with zero attached hydrogens (tertiary/aromatic N) is 3. The van der Waals surface area contributed by atoms with E-state index in [2.05, 4.69) is 4.99 Å². The quantitative estimate of drug-likeness (QED) is 0.441. The predicted octanol–water partition coefficient (Wildman–Crippen LogP) is 2.13. The van der Waals surface area contributed by atoms with Gasteiger partial charge in [0.1, 0.15) is 6.04 Å². The maximum atomic E-state index is 11.1. The fourth-order valence-corrected chi connectivity index (χ4v) is 1.81. The molecule has 0 spiro atoms. The molecule has 0 aromatic heterocycles. The Labute approximate surface area is 130 Å². The molecule has 0 saturated carbocycles. The first-order valence-electron chi connectivity index (χ1n) is 6.55. The summed E-state index contributed by atoms with van der Waals surface area (Å²) in [7, 11) is 0. The first kappa shape index (κ1) is 18.0. The van der Waals surface area contributed by atoms with Crippen LogP contribution in [0, 0.1) is 26.1 Å². The molecule has 0 heterocycles. The van der Waals surface area contributed by atoms with Gasteiger partial charge in [-0.15, -0.1) is 0 Å². The number of carboxylic acids is 1. The number of aliphatic carboxylic acids is 1. The van der Waals surface area contributed by atoms with Gasteiger partial charge >= 0.3 is 11.7 Å². The lowest BCUT2D eigenvalue weighted by atomic mass is 10.0. The fourth-order valence-electron chi connectivity index (χ4n) is 1.81. The largest absolute Gasteiger partial charge is 0.502 e. The number of nitro benzene ring substituents is 2. The lowest BCUT2D eigenvalue weighted by Crippen LogP contribution is -2.20. The van der Waals surface area contributed by atoms with Gasteiger partial charge in [0.25, 0.3) is 5.69 Å². The van der Waals surface area contributed by atoms with Crippen LogP contribution in [-0.4, -0.2) is 38.3 Å². The number of aromatic hydroxyl groups is 1. The normalized spacial score (nSPS) is 12.5. The van der Waals surface area contributed by atoms with Gasteiger partial charge in [0.05, 0.1) is 15.9 Å². The molecule has 10 heteroatoms. The van der Waals surface area contributed by atoms with Crippen molar-refractivity contribution in [1.29, 1.82) is 0 Å². The van der Waals surface area contributed by atoms with Crippen LogP contribution < -0.4 is 0 Å². The van der Waals surface area contributed by atoms with Gasteiger partial charge in [0.2, 0.25) is 5.75 Å². The number of aliphatic imine (C=N–C) groups is 1. The Bertz CT molecular complexity index is 670. The lowest BCUT2D eigenvalue weighted by Gasteiger charge is -2.09. The Morgan fingerprint density at radius 1 is 1.30 bits per heavy atom. The smallest absolute Gasteiger partial charge is 0.328 e. The summed E-state index contributed by atoms with van der Waals surface area (Å²) in [6.45, 7) is 3.59. The Kier molecular flexibility index (Phi) is 5.71. The second kappa shape index (κ2) is 7.29. The first-order chi connectivity index (χ1) is 10.6. The molecule has 1 rings (SSSR count). The molecule has 1 aromatic rings. The van der Waals surface area contributed by atoms with Crippen LogP contribution in [0.4, 0.5) is 11.4 Å². The molecule has 0 amide bonds. The summed E-state index contributed by atoms with van der Waals surface area (Å²) in [6.07, 6.45) is 1.11. The molecule has 1 aromatic carbocycles. The summed E-state index contributed by atoms with van der Waals surface area (Å²) in [4.78, 5) is 34.7. The number of carbonyl (C=O) groups is 1. The summed E-state index contributed by atoms with van der Waals surface area (Å²) in [5, 5.41) is 40.5. The topological polar surface area (TPSA) is 156 Å². The zero-order valence-corrected chi connectivity index (χ0v) is 12.4. The van der Waals surface area contributed by atoms with Crippen molar-refractivity contribution < 1.29 is 24.9 Å². The van der Waals surface area contributed by atoms with E-state index in [1.807, 2.05) is 0 Å². The van der Waals surface area contributed by atoms with E-state index in [0.717, 1.165) is 12.3 Å². The summed E-state index contributed by atoms with van der Waals surface area (Å²) in [5.74, 6) is -1.98. The number of hydrogen-bond acceptors (Lipinski definition) is 7. The number of benzene rings is 1. The van der Waals surface area contributed by atoms with Crippen molar-refractivity contribution in [3.63, 3.8) is 0 Å². The van der Waals surface area contributed by atoms with E-state index in [-0.39, 0.29) is 17.9 Å². The molecule has 0 unspecified atom stereocenters. The predicted molar refractivity (Wildman–Crippen MR) is 79.9 cm³/mol. The average molecular weight is 325 g/mol. The number of carboxylic acid groups (broad SMARTS) is 1. The van der Waals surface area contributed by atoms with Gasteiger partial charge in [-0.1, -0.05) is 13.8 Å². The van der Waals surface area contributed by atoms with Gasteiger partial charge in [-0.3, -0.25) is 25.2 Å². The minimum Gasteiger partial charge on any atom is -0.502 e. The molecule has 0 radical (unpaired) electrons. The first-order valence-corrected chi connectivity index (χ1v) is 6.55. The molecule has 10 nitrogen and oxygen atoms in total. The van der Waals surface area contributed by atoms with Crippen LogP contribution in [0.3, 0.4) is 0 Å². The van der Waals surface area contributed by atoms with Crippen molar-refractivity contribution >= 4 is 23.6 Å². The molecular formula is C13H15N3O7. The number of nitro groups is 2. The fraction of sp³-hybridized carbons (Fsp3) is 0.385. The van der Waals surface area contributed by atoms with Crippen molar-refractivity contribution in [2.75, 3.05) is 0 Å². The highest BCUT2D eigenvalue weighted by molar-refractivity contribution is 5.89. The van der Waals surface area contributed by atoms with Crippen LogP contribution >= 0.6 is 0 Å². The molecule has 0 aliphatic heterocycles. The van der Waals surface area contributed by atoms with E-state index in [0.29, 0.717) is 6.07 Å². The second-order valence-electron chi connectivity index (χ2n) is 5.18. The summed E-state index contributed by atoms with van der Waals surface area (Å²) in [5.41, 5.74) is -1.75. The van der Waals surface area contributed by atoms with Crippen molar-refractivity contribution in [2.24, 2.45) is 10.9 Å². The van der Waals surface area contributed by atoms with E-state index in [1.165, 1.54) is 0 Å². The third kappa shape index (κ3) is 4.73. The van der Waals surface area contributed by atoms with Gasteiger partial charge in [-0.2, -0.15) is 0 Å². The second-order valence-corrected chi connectivity index (χ2v) is 5.18. The highest BCUT2D eigenvalue weighted by atomic mass is 16.6. The van der Waals surface area contributed by atoms with Crippen molar-refractivity contribution in [3.05, 3.63) is 37.9 Å². The van der Waals surface area contributed by atoms with Crippen LogP contribution in [0.25, 0.3) is 0 Å². The Morgan fingerprint density at radius 3 is 2.35 bits per heavy atom. The Morgan fingerprint density at radius 2 is 1.91 bits per heavy atom. The van der Waals surface area contributed by atoms with E-state index >= 15 is 0 Å². The molecule has 0 bridgehead atoms. The molecule has 1 atom stereocenters. The number of phenolic OH excluding ortho intramolecular Hbond substituents is 1. The number of phenols is 1. The van der Waals surface area contributed by atoms with Gasteiger partial charge in [-0.05, 0) is 12.3 Å². The van der Waals surface area contributed by atoms with Gasteiger partial charge in [-0.25, -0.2) is 4.79 Å². The van der Waals surface area contributed by atoms with Crippen molar-refractivity contribution in [2.45, 2.75) is 26.3 Å². The van der Waals surface area contributed by atoms with E-state index < -0.39 is 39.0 Å². The van der Waals surface area contributed by atoms with Crippen molar-refractivity contribution in [3.8, 4) is 5.75 Å². The summed E-state index contributed by atoms with van der Waals surface area (Å²) < 4.78 is 0. The van der Waals surface area contributed by atoms with Crippen LogP contribution in [0.5, 0.6) is 5.75 Å². The van der Waals surface area contributed by atoms with E-state index in [1.54, 1.807) is 13.8 Å². The van der Waals surface area contributed by atoms with E-state index in [9.17, 15) is 30.1 Å². The Hall–Kier alpha value is -3.04. The van der Waals surface area contributed by atoms with Crippen LogP contribution in [0.15, 0.2) is 17.1 Å². The van der Waals surface area contributed by atoms with Crippen LogP contribution in [0.2, 0.25) is 0 Å². The number of rotatable bonds is 7. The third-order valence-corrected chi connectivity index (χ3v) is 2.88. The Balaban J connectivity index is 3.30. The summed E-state index contributed by atoms with van der Waals surface area (Å²) >= 11 is 0. The number of non-ortho nitro benzene ring substituents is 1. The highest BCUT2D eigenvalue weighted by Crippen LogP contribution is 2.33. The SMILES string of the molecule is CC(C)C[C@H](N=Cc1cc([N+](=O)[O-])cc([N+](=O)[O-])c1O)C(=O)O. The van der Waals surface area contributed by atoms with Crippen LogP contribution in [-0.2, 0) is 4.79 Å². The molecule has 124 valence electrons. The zero-order chi connectivity index (χ0) is 17.7. The zero-order valence-electron chi connectivity index (χ0n) is 12.4. The molecule has 0 fully saturated rings. The minimum atomic E-state index is -1.20. The molecule has 2 N–H and O–H groups in total. The molecule has 0 saturated heterocycles. The molecular weight excluding hydrogens is 310 g/mol. The van der Waals surface area contributed by atoms with E-state index in [4.69, 9.17) is 5.11 Å². The lowest BCUT2D eigenvalue weighted by molar-refractivity contribution is -0.394. The standard InChI is InChI=1S/C13H15N3O7/c1-7(2)3-10(13(18)19)14-6-8-4-9(15(20)21)5-11(12(8)17)16(22)23/h4-7,10,17H,3H2,1-2H3,(H,18,19)/t10-/m0/s1. The molecule has 0 aliphatic rings.